The minimum absolute atomic E-state index is 0.155. The molecule has 0 aliphatic rings. The lowest BCUT2D eigenvalue weighted by atomic mass is 10.2. The predicted octanol–water partition coefficient (Wildman–Crippen LogP) is 4.26. The Labute approximate surface area is 181 Å². The molecule has 2 aromatic heterocycles. The van der Waals surface area contributed by atoms with Crippen LogP contribution in [0.15, 0.2) is 69.9 Å². The van der Waals surface area contributed by atoms with E-state index in [-0.39, 0.29) is 12.3 Å². The topological polar surface area (TPSA) is 95.1 Å². The number of methoxy groups -OCH3 is 1. The zero-order valence-corrected chi connectivity index (χ0v) is 17.7. The quantitative estimate of drug-likeness (QED) is 0.436. The Bertz CT molecular complexity index is 1150. The van der Waals surface area contributed by atoms with Crippen LogP contribution in [0.2, 0.25) is 0 Å². The number of ether oxygens (including phenoxy) is 1. The summed E-state index contributed by atoms with van der Waals surface area (Å²) in [4.78, 5) is 16.8. The first kappa shape index (κ1) is 19.8. The van der Waals surface area contributed by atoms with Gasteiger partial charge in [0.15, 0.2) is 0 Å². The van der Waals surface area contributed by atoms with Crippen LogP contribution in [-0.2, 0) is 11.2 Å². The fraction of sp³-hybridized carbons (Fsp3) is 0.143. The maximum Gasteiger partial charge on any atom is 0.227 e. The van der Waals surface area contributed by atoms with Gasteiger partial charge in [0.2, 0.25) is 17.6 Å². The molecule has 0 radical (unpaired) electrons. The number of carbonyl (C=O) groups is 1. The first-order chi connectivity index (χ1) is 14.6. The molecule has 0 aliphatic carbocycles. The number of rotatable bonds is 7. The Kier molecular flexibility index (Phi) is 5.89. The van der Waals surface area contributed by atoms with Gasteiger partial charge >= 0.3 is 0 Å². The van der Waals surface area contributed by atoms with E-state index in [0.717, 1.165) is 21.5 Å². The Morgan fingerprint density at radius 2 is 2.00 bits per heavy atom. The number of nitrogens with one attached hydrogen (secondary N) is 1. The summed E-state index contributed by atoms with van der Waals surface area (Å²) in [6.07, 6.45) is 4.06. The second-order valence-electron chi connectivity index (χ2n) is 6.41. The van der Waals surface area contributed by atoms with Crippen LogP contribution in [0.5, 0.6) is 5.75 Å². The first-order valence-electron chi connectivity index (χ1n) is 9.19. The number of anilines is 1. The molecule has 0 bridgehead atoms. The molecule has 1 amide bonds. The number of para-hydroxylation sites is 2. The zero-order chi connectivity index (χ0) is 20.9. The number of hydrogen-bond donors (Lipinski definition) is 1. The van der Waals surface area contributed by atoms with Gasteiger partial charge in [-0.2, -0.15) is 10.1 Å². The second-order valence-corrected chi connectivity index (χ2v) is 7.32. The van der Waals surface area contributed by atoms with E-state index in [1.165, 1.54) is 0 Å². The van der Waals surface area contributed by atoms with Crippen molar-refractivity contribution in [3.8, 4) is 22.8 Å². The fourth-order valence-electron chi connectivity index (χ4n) is 2.86. The molecule has 2 aromatic carbocycles. The van der Waals surface area contributed by atoms with Crippen molar-refractivity contribution in [1.29, 1.82) is 0 Å². The molecule has 1 N–H and O–H groups in total. The summed E-state index contributed by atoms with van der Waals surface area (Å²) in [6, 6.07) is 14.8. The number of aryl methyl sites for hydroxylation is 1. The highest BCUT2D eigenvalue weighted by Crippen LogP contribution is 2.22. The van der Waals surface area contributed by atoms with Crippen LogP contribution < -0.4 is 10.1 Å². The van der Waals surface area contributed by atoms with Crippen LogP contribution in [0.25, 0.3) is 17.1 Å². The van der Waals surface area contributed by atoms with E-state index in [1.54, 1.807) is 18.0 Å². The summed E-state index contributed by atoms with van der Waals surface area (Å²) in [5, 5.41) is 11.2. The molecule has 152 valence electrons. The maximum atomic E-state index is 12.5. The molecule has 0 spiro atoms. The number of halogens is 1. The molecule has 4 rings (SSSR count). The minimum Gasteiger partial charge on any atom is -0.497 e. The van der Waals surface area contributed by atoms with Crippen LogP contribution in [0.1, 0.15) is 12.3 Å². The van der Waals surface area contributed by atoms with Crippen molar-refractivity contribution in [3.05, 3.63) is 71.3 Å². The van der Waals surface area contributed by atoms with E-state index in [1.807, 2.05) is 54.7 Å². The third kappa shape index (κ3) is 4.57. The second kappa shape index (κ2) is 8.91. The highest BCUT2D eigenvalue weighted by molar-refractivity contribution is 9.10. The predicted molar refractivity (Wildman–Crippen MR) is 115 cm³/mol. The highest BCUT2D eigenvalue weighted by Gasteiger charge is 2.13. The summed E-state index contributed by atoms with van der Waals surface area (Å²) in [6.45, 7) is 0. The largest absolute Gasteiger partial charge is 0.497 e. The van der Waals surface area contributed by atoms with Crippen molar-refractivity contribution in [2.24, 2.45) is 0 Å². The van der Waals surface area contributed by atoms with Crippen LogP contribution in [0.4, 0.5) is 5.69 Å². The molecule has 8 nitrogen and oxygen atoms in total. The van der Waals surface area contributed by atoms with E-state index in [9.17, 15) is 4.79 Å². The van der Waals surface area contributed by atoms with Gasteiger partial charge in [-0.1, -0.05) is 17.3 Å². The van der Waals surface area contributed by atoms with Gasteiger partial charge in [-0.15, -0.1) is 0 Å². The number of amides is 1. The average Bonchev–Trinajstić information content (AvgIpc) is 3.42. The average molecular weight is 468 g/mol. The van der Waals surface area contributed by atoms with E-state index in [2.05, 4.69) is 36.5 Å². The maximum absolute atomic E-state index is 12.5. The molecule has 0 unspecified atom stereocenters. The summed E-state index contributed by atoms with van der Waals surface area (Å²) in [5.41, 5.74) is 2.26. The molecule has 0 fully saturated rings. The normalized spacial score (nSPS) is 10.7. The minimum atomic E-state index is -0.155. The monoisotopic (exact) mass is 467 g/mol. The standard InChI is InChI=1S/C21H18BrN5O3/c1-29-16-8-6-14(7-9-16)21-25-20(30-26-21)11-10-19(28)24-17-4-2-3-5-18(17)27-13-15(22)12-23-27/h2-9,12-13H,10-11H2,1H3,(H,24,28). The third-order valence-electron chi connectivity index (χ3n) is 4.36. The summed E-state index contributed by atoms with van der Waals surface area (Å²) in [5.74, 6) is 1.47. The van der Waals surface area contributed by atoms with Gasteiger partial charge in [0.05, 0.1) is 29.2 Å². The molecular formula is C21H18BrN5O3. The Hall–Kier alpha value is -3.46. The lowest BCUT2D eigenvalue weighted by Gasteiger charge is -2.10. The molecule has 0 atom stereocenters. The Morgan fingerprint density at radius 1 is 1.20 bits per heavy atom. The van der Waals surface area contributed by atoms with Crippen molar-refractivity contribution in [2.75, 3.05) is 12.4 Å². The van der Waals surface area contributed by atoms with Crippen molar-refractivity contribution >= 4 is 27.5 Å². The van der Waals surface area contributed by atoms with Crippen LogP contribution in [0, 0.1) is 0 Å². The number of hydrogen-bond acceptors (Lipinski definition) is 6. The molecule has 0 saturated heterocycles. The third-order valence-corrected chi connectivity index (χ3v) is 4.77. The first-order valence-corrected chi connectivity index (χ1v) is 9.98. The zero-order valence-electron chi connectivity index (χ0n) is 16.1. The van der Waals surface area contributed by atoms with Crippen LogP contribution in [-0.4, -0.2) is 32.9 Å². The highest BCUT2D eigenvalue weighted by atomic mass is 79.9. The molecule has 0 aliphatic heterocycles. The summed E-state index contributed by atoms with van der Waals surface area (Å²) in [7, 11) is 1.61. The molecule has 4 aromatic rings. The summed E-state index contributed by atoms with van der Waals surface area (Å²) >= 11 is 3.38. The van der Waals surface area contributed by atoms with E-state index in [0.29, 0.717) is 23.8 Å². The molecule has 30 heavy (non-hydrogen) atoms. The van der Waals surface area contributed by atoms with Gasteiger partial charge < -0.3 is 14.6 Å². The number of nitrogens with zero attached hydrogens (tertiary/aromatic N) is 4. The van der Waals surface area contributed by atoms with Crippen molar-refractivity contribution in [3.63, 3.8) is 0 Å². The van der Waals surface area contributed by atoms with E-state index >= 15 is 0 Å². The SMILES string of the molecule is COc1ccc(-c2noc(CCC(=O)Nc3ccccc3-n3cc(Br)cn3)n2)cc1. The van der Waals surface area contributed by atoms with Crippen molar-refractivity contribution in [1.82, 2.24) is 19.9 Å². The van der Waals surface area contributed by atoms with Crippen molar-refractivity contribution < 1.29 is 14.1 Å². The molecule has 2 heterocycles. The van der Waals surface area contributed by atoms with E-state index < -0.39 is 0 Å². The smallest absolute Gasteiger partial charge is 0.227 e. The van der Waals surface area contributed by atoms with Crippen LogP contribution >= 0.6 is 15.9 Å². The lowest BCUT2D eigenvalue weighted by Crippen LogP contribution is -2.14. The number of aromatic nitrogens is 4. The number of carbonyl (C=O) groups excluding carboxylic acids is 1. The van der Waals surface area contributed by atoms with Gasteiger partial charge in [0.1, 0.15) is 5.75 Å². The van der Waals surface area contributed by atoms with Gasteiger partial charge in [-0.05, 0) is 52.3 Å². The molecule has 9 heteroatoms. The van der Waals surface area contributed by atoms with Gasteiger partial charge in [0, 0.05) is 24.6 Å². The van der Waals surface area contributed by atoms with Gasteiger partial charge in [-0.25, -0.2) is 4.68 Å². The van der Waals surface area contributed by atoms with Crippen LogP contribution in [0.3, 0.4) is 0 Å². The lowest BCUT2D eigenvalue weighted by molar-refractivity contribution is -0.116. The Balaban J connectivity index is 1.38. The van der Waals surface area contributed by atoms with E-state index in [4.69, 9.17) is 9.26 Å². The number of benzene rings is 2. The molecule has 0 saturated carbocycles. The van der Waals surface area contributed by atoms with Gasteiger partial charge in [-0.3, -0.25) is 4.79 Å². The summed E-state index contributed by atoms with van der Waals surface area (Å²) < 4.78 is 13.0. The van der Waals surface area contributed by atoms with Gasteiger partial charge in [0.25, 0.3) is 0 Å². The van der Waals surface area contributed by atoms with Crippen molar-refractivity contribution in [2.45, 2.75) is 12.8 Å². The fourth-order valence-corrected chi connectivity index (χ4v) is 3.14. The Morgan fingerprint density at radius 3 is 2.73 bits per heavy atom. The molecular weight excluding hydrogens is 450 g/mol.